The average Bonchev–Trinajstić information content (AvgIpc) is 3.09. The molecule has 1 fully saturated rings. The fourth-order valence-corrected chi connectivity index (χ4v) is 5.74. The van der Waals surface area contributed by atoms with Crippen LogP contribution in [0.3, 0.4) is 0 Å². The van der Waals surface area contributed by atoms with Crippen molar-refractivity contribution < 1.29 is 39.0 Å². The molecule has 1 aromatic carbocycles. The SMILES string of the molecule is C=CCNC(=O)NC(Cc1ccc(C(=N)N)cc1)C(=O)N[C@@H](CCC(=O)O)C(=O)N[C@@H](CCCN=C(N)N)C(=O)N[C@@H](CC1CCCCC1)C(=O)O. The third-order valence-corrected chi connectivity index (χ3v) is 8.50. The van der Waals surface area contributed by atoms with E-state index in [1.165, 1.54) is 6.08 Å². The van der Waals surface area contributed by atoms with E-state index in [1.54, 1.807) is 24.3 Å². The number of nitrogens with zero attached hydrogens (tertiary/aromatic N) is 1. The van der Waals surface area contributed by atoms with Gasteiger partial charge in [0.1, 0.15) is 30.0 Å². The Labute approximate surface area is 302 Å². The molecule has 0 radical (unpaired) electrons. The summed E-state index contributed by atoms with van der Waals surface area (Å²) in [7, 11) is 0. The van der Waals surface area contributed by atoms with Crippen molar-refractivity contribution in [3.05, 3.63) is 48.0 Å². The number of aliphatic carboxylic acids is 2. The lowest BCUT2D eigenvalue weighted by molar-refractivity contribution is -0.143. The molecule has 4 atom stereocenters. The summed E-state index contributed by atoms with van der Waals surface area (Å²) in [5, 5.41) is 39.5. The quantitative estimate of drug-likeness (QED) is 0.0321. The van der Waals surface area contributed by atoms with Crippen molar-refractivity contribution in [3.63, 3.8) is 0 Å². The fraction of sp³-hybridized carbons (Fsp3) is 0.529. The highest BCUT2D eigenvalue weighted by molar-refractivity contribution is 5.96. The van der Waals surface area contributed by atoms with Crippen LogP contribution in [0.5, 0.6) is 0 Å². The maximum atomic E-state index is 13.7. The molecule has 1 unspecified atom stereocenters. The predicted octanol–water partition coefficient (Wildman–Crippen LogP) is -0.205. The van der Waals surface area contributed by atoms with Crippen LogP contribution in [-0.4, -0.2) is 95.0 Å². The number of guanidine groups is 1. The van der Waals surface area contributed by atoms with E-state index in [1.807, 2.05) is 0 Å². The number of amidine groups is 1. The Hall–Kier alpha value is -5.68. The number of aliphatic imine (C=N–C) groups is 1. The highest BCUT2D eigenvalue weighted by Gasteiger charge is 2.32. The van der Waals surface area contributed by atoms with Crippen molar-refractivity contribution in [1.29, 1.82) is 5.41 Å². The molecule has 5 amide bonds. The number of nitrogen functional groups attached to an aromatic ring is 1. The Morgan fingerprint density at radius 3 is 1.96 bits per heavy atom. The molecule has 1 saturated carbocycles. The summed E-state index contributed by atoms with van der Waals surface area (Å²) in [4.78, 5) is 81.0. The van der Waals surface area contributed by atoms with Gasteiger partial charge in [0.05, 0.1) is 0 Å². The zero-order valence-electron chi connectivity index (χ0n) is 29.2. The Balaban J connectivity index is 2.32. The van der Waals surface area contributed by atoms with E-state index in [0.717, 1.165) is 32.1 Å². The van der Waals surface area contributed by atoms with Gasteiger partial charge in [-0.3, -0.25) is 29.6 Å². The van der Waals surface area contributed by atoms with Crippen LogP contribution >= 0.6 is 0 Å². The highest BCUT2D eigenvalue weighted by atomic mass is 16.4. The number of amides is 5. The number of carboxylic acids is 2. The van der Waals surface area contributed by atoms with E-state index in [9.17, 15) is 39.0 Å². The van der Waals surface area contributed by atoms with Gasteiger partial charge in [0.15, 0.2) is 5.96 Å². The number of rotatable bonds is 22. The molecule has 0 heterocycles. The average molecular weight is 729 g/mol. The van der Waals surface area contributed by atoms with Crippen molar-refractivity contribution in [1.82, 2.24) is 26.6 Å². The minimum absolute atomic E-state index is 0.0202. The summed E-state index contributed by atoms with van der Waals surface area (Å²) < 4.78 is 0. The molecule has 18 nitrogen and oxygen atoms in total. The molecule has 0 spiro atoms. The van der Waals surface area contributed by atoms with E-state index in [2.05, 4.69) is 38.2 Å². The number of hydrogen-bond donors (Lipinski definition) is 11. The van der Waals surface area contributed by atoms with E-state index >= 15 is 0 Å². The van der Waals surface area contributed by atoms with Crippen molar-refractivity contribution in [3.8, 4) is 0 Å². The second-order valence-corrected chi connectivity index (χ2v) is 12.7. The number of benzene rings is 1. The summed E-state index contributed by atoms with van der Waals surface area (Å²) in [6.45, 7) is 3.72. The van der Waals surface area contributed by atoms with Gasteiger partial charge in [-0.1, -0.05) is 62.4 Å². The van der Waals surface area contributed by atoms with Gasteiger partial charge < -0.3 is 54.0 Å². The van der Waals surface area contributed by atoms with Gasteiger partial charge in [0, 0.05) is 31.5 Å². The van der Waals surface area contributed by atoms with Crippen LogP contribution in [0.2, 0.25) is 0 Å². The molecule has 0 aliphatic heterocycles. The van der Waals surface area contributed by atoms with Crippen molar-refractivity contribution >= 4 is 47.5 Å². The van der Waals surface area contributed by atoms with Gasteiger partial charge in [-0.15, -0.1) is 6.58 Å². The number of hydrogen-bond acceptors (Lipinski definition) is 8. The first-order valence-corrected chi connectivity index (χ1v) is 17.2. The first kappa shape index (κ1) is 42.5. The maximum Gasteiger partial charge on any atom is 0.326 e. The molecule has 1 aliphatic rings. The summed E-state index contributed by atoms with van der Waals surface area (Å²) >= 11 is 0. The molecule has 286 valence electrons. The molecule has 14 N–H and O–H groups in total. The van der Waals surface area contributed by atoms with Crippen LogP contribution in [0.1, 0.15) is 75.3 Å². The molecule has 52 heavy (non-hydrogen) atoms. The molecule has 0 aromatic heterocycles. The largest absolute Gasteiger partial charge is 0.481 e. The number of nitrogens with two attached hydrogens (primary N) is 3. The number of nitrogens with one attached hydrogen (secondary N) is 6. The lowest BCUT2D eigenvalue weighted by Crippen LogP contribution is -2.58. The Morgan fingerprint density at radius 1 is 0.846 bits per heavy atom. The Morgan fingerprint density at radius 2 is 1.42 bits per heavy atom. The van der Waals surface area contributed by atoms with Crippen LogP contribution < -0.4 is 43.8 Å². The van der Waals surface area contributed by atoms with Crippen LogP contribution in [0.25, 0.3) is 0 Å². The number of carboxylic acid groups (broad SMARTS) is 2. The third-order valence-electron chi connectivity index (χ3n) is 8.50. The van der Waals surface area contributed by atoms with E-state index in [4.69, 9.17) is 22.6 Å². The number of carbonyl (C=O) groups is 6. The van der Waals surface area contributed by atoms with Gasteiger partial charge in [-0.25, -0.2) is 9.59 Å². The first-order chi connectivity index (χ1) is 24.7. The van der Waals surface area contributed by atoms with Gasteiger partial charge in [-0.05, 0) is 37.2 Å². The minimum Gasteiger partial charge on any atom is -0.481 e. The third kappa shape index (κ3) is 15.9. The van der Waals surface area contributed by atoms with Gasteiger partial charge in [-0.2, -0.15) is 0 Å². The zero-order valence-corrected chi connectivity index (χ0v) is 29.2. The molecule has 1 aromatic rings. The summed E-state index contributed by atoms with van der Waals surface area (Å²) in [6.07, 6.45) is 5.56. The first-order valence-electron chi connectivity index (χ1n) is 17.2. The zero-order chi connectivity index (χ0) is 38.6. The second-order valence-electron chi connectivity index (χ2n) is 12.7. The molecule has 18 heteroatoms. The second kappa shape index (κ2) is 22.2. The van der Waals surface area contributed by atoms with E-state index in [0.29, 0.717) is 11.1 Å². The van der Waals surface area contributed by atoms with Crippen molar-refractivity contribution in [2.24, 2.45) is 28.1 Å². The minimum atomic E-state index is -1.48. The molecule has 0 saturated heterocycles. The Bertz CT molecular complexity index is 1440. The fourth-order valence-electron chi connectivity index (χ4n) is 5.74. The van der Waals surface area contributed by atoms with Crippen LogP contribution in [0, 0.1) is 11.3 Å². The topological polar surface area (TPSA) is 317 Å². The predicted molar refractivity (Wildman–Crippen MR) is 193 cm³/mol. The smallest absolute Gasteiger partial charge is 0.326 e. The molecule has 2 rings (SSSR count). The monoisotopic (exact) mass is 728 g/mol. The summed E-state index contributed by atoms with van der Waals surface area (Å²) in [6, 6.07) is 0.393. The van der Waals surface area contributed by atoms with Crippen LogP contribution in [0.15, 0.2) is 41.9 Å². The van der Waals surface area contributed by atoms with E-state index < -0.39 is 66.3 Å². The molecular formula is C34H52N10O8. The van der Waals surface area contributed by atoms with Gasteiger partial charge >= 0.3 is 18.0 Å². The van der Waals surface area contributed by atoms with Crippen LogP contribution in [0.4, 0.5) is 4.79 Å². The van der Waals surface area contributed by atoms with E-state index in [-0.39, 0.29) is 62.9 Å². The highest BCUT2D eigenvalue weighted by Crippen LogP contribution is 2.27. The molecule has 0 bridgehead atoms. The molecule has 1 aliphatic carbocycles. The Kier molecular flexibility index (Phi) is 18.1. The summed E-state index contributed by atoms with van der Waals surface area (Å²) in [5.74, 6) is -5.22. The maximum absolute atomic E-state index is 13.7. The van der Waals surface area contributed by atoms with Gasteiger partial charge in [0.2, 0.25) is 17.7 Å². The lowest BCUT2D eigenvalue weighted by atomic mass is 9.84. The molecular weight excluding hydrogens is 676 g/mol. The van der Waals surface area contributed by atoms with Crippen molar-refractivity contribution in [2.45, 2.75) is 94.8 Å². The summed E-state index contributed by atoms with van der Waals surface area (Å²) in [5.41, 5.74) is 17.3. The lowest BCUT2D eigenvalue weighted by Gasteiger charge is -2.28. The number of carbonyl (C=O) groups excluding carboxylic acids is 4. The standard InChI is InChI=1S/C34H52N10O8/c1-2-16-40-34(52)44-25(18-21-10-12-22(13-11-21)28(35)36)31(49)42-24(14-15-27(45)46)30(48)41-23(9-6-17-39-33(37)38)29(47)43-26(32(50)51)19-20-7-4-3-5-8-20/h2,10-13,20,23-26H,1,3-9,14-19H2,(H3,35,36)(H,41,48)(H,42,49)(H,43,47)(H,45,46)(H,50,51)(H4,37,38,39)(H2,40,44,52)/t23-,24-,25?,26-/m0/s1. The van der Waals surface area contributed by atoms with Gasteiger partial charge in [0.25, 0.3) is 0 Å². The van der Waals surface area contributed by atoms with Crippen molar-refractivity contribution in [2.75, 3.05) is 13.1 Å². The normalized spacial score (nSPS) is 15.0. The van der Waals surface area contributed by atoms with Crippen LogP contribution in [-0.2, 0) is 30.4 Å². The number of urea groups is 1.